The molecule has 1 aromatic carbocycles. The number of nitrogens with zero attached hydrogens (tertiary/aromatic N) is 1. The highest BCUT2D eigenvalue weighted by Crippen LogP contribution is 2.62. The van der Waals surface area contributed by atoms with E-state index in [4.69, 9.17) is 11.5 Å². The number of carbonyl (C=O) groups excluding carboxylic acids is 2. The van der Waals surface area contributed by atoms with Crippen molar-refractivity contribution >= 4 is 24.2 Å². The van der Waals surface area contributed by atoms with Crippen LogP contribution in [0.4, 0.5) is 0 Å². The Bertz CT molecular complexity index is 571. The van der Waals surface area contributed by atoms with Gasteiger partial charge in [0, 0.05) is 30.5 Å². The fourth-order valence-corrected chi connectivity index (χ4v) is 3.97. The van der Waals surface area contributed by atoms with E-state index in [-0.39, 0.29) is 42.2 Å². The van der Waals surface area contributed by atoms with Crippen molar-refractivity contribution in [1.82, 2.24) is 4.90 Å². The van der Waals surface area contributed by atoms with Crippen molar-refractivity contribution < 1.29 is 9.59 Å². The summed E-state index contributed by atoms with van der Waals surface area (Å²) in [5, 5.41) is 0. The van der Waals surface area contributed by atoms with E-state index in [0.29, 0.717) is 6.54 Å². The van der Waals surface area contributed by atoms with Crippen LogP contribution in [0.25, 0.3) is 0 Å². The third-order valence-electron chi connectivity index (χ3n) is 4.97. The van der Waals surface area contributed by atoms with Crippen molar-refractivity contribution in [3.63, 3.8) is 0 Å². The van der Waals surface area contributed by atoms with E-state index in [1.54, 1.807) is 0 Å². The molecule has 0 unspecified atom stereocenters. The van der Waals surface area contributed by atoms with Gasteiger partial charge in [0.1, 0.15) is 0 Å². The average molecular weight is 338 g/mol. The summed E-state index contributed by atoms with van der Waals surface area (Å²) in [6.45, 7) is 0.678. The molecule has 0 heterocycles. The molecule has 0 aliphatic heterocycles. The maximum Gasteiger partial charge on any atom is 0.223 e. The molecular weight excluding hydrogens is 314 g/mol. The predicted molar refractivity (Wildman–Crippen MR) is 91.0 cm³/mol. The Labute approximate surface area is 142 Å². The molecule has 2 amide bonds. The topological polar surface area (TPSA) is 89.4 Å². The predicted octanol–water partition coefficient (Wildman–Crippen LogP) is 1.38. The molecule has 0 spiro atoms. The summed E-state index contributed by atoms with van der Waals surface area (Å²) in [5.74, 6) is -0.402. The first-order chi connectivity index (χ1) is 10.4. The van der Waals surface area contributed by atoms with Crippen LogP contribution in [0, 0.1) is 0 Å². The SMILES string of the molecule is Cl.NC(=O)CCC(=O)N(CCc1ccccc1)C12CC(N)(C1)C2. The first-order valence-electron chi connectivity index (χ1n) is 7.84. The molecule has 5 nitrogen and oxygen atoms in total. The second-order valence-corrected chi connectivity index (χ2v) is 6.86. The van der Waals surface area contributed by atoms with Gasteiger partial charge in [-0.3, -0.25) is 9.59 Å². The third-order valence-corrected chi connectivity index (χ3v) is 4.97. The van der Waals surface area contributed by atoms with Gasteiger partial charge in [0.2, 0.25) is 11.8 Å². The van der Waals surface area contributed by atoms with Crippen molar-refractivity contribution in [3.8, 4) is 0 Å². The molecule has 3 saturated carbocycles. The van der Waals surface area contributed by atoms with Crippen molar-refractivity contribution in [2.24, 2.45) is 11.5 Å². The van der Waals surface area contributed by atoms with Gasteiger partial charge in [0.25, 0.3) is 0 Å². The Morgan fingerprint density at radius 2 is 1.70 bits per heavy atom. The van der Waals surface area contributed by atoms with Gasteiger partial charge in [0.05, 0.1) is 0 Å². The van der Waals surface area contributed by atoms with Gasteiger partial charge in [-0.25, -0.2) is 0 Å². The highest BCUT2D eigenvalue weighted by Gasteiger charge is 2.69. The standard InChI is InChI=1S/C17H23N3O2.ClH/c18-14(21)6-7-15(22)20(17-10-16(19,11-17)12-17)9-8-13-4-2-1-3-5-13;/h1-5H,6-12,19H2,(H2,18,21);1H. The lowest BCUT2D eigenvalue weighted by molar-refractivity contribution is -0.180. The first kappa shape index (κ1) is 17.8. The van der Waals surface area contributed by atoms with Crippen LogP contribution >= 0.6 is 12.4 Å². The molecule has 3 fully saturated rings. The van der Waals surface area contributed by atoms with Gasteiger partial charge in [-0.2, -0.15) is 0 Å². The van der Waals surface area contributed by atoms with Crippen LogP contribution in [0.15, 0.2) is 30.3 Å². The van der Waals surface area contributed by atoms with E-state index in [0.717, 1.165) is 25.7 Å². The average Bonchev–Trinajstić information content (AvgIpc) is 2.43. The minimum atomic E-state index is -0.427. The number of hydrogen-bond acceptors (Lipinski definition) is 3. The lowest BCUT2D eigenvalue weighted by atomic mass is 9.44. The van der Waals surface area contributed by atoms with Crippen LogP contribution in [0.1, 0.15) is 37.7 Å². The first-order valence-corrected chi connectivity index (χ1v) is 7.84. The normalized spacial score (nSPS) is 27.2. The highest BCUT2D eigenvalue weighted by molar-refractivity contribution is 5.85. The van der Waals surface area contributed by atoms with Gasteiger partial charge in [-0.1, -0.05) is 30.3 Å². The number of primary amides is 1. The second-order valence-electron chi connectivity index (χ2n) is 6.86. The molecule has 0 atom stereocenters. The molecule has 4 rings (SSSR count). The Hall–Kier alpha value is -1.59. The molecule has 3 aliphatic rings. The molecule has 3 aliphatic carbocycles. The summed E-state index contributed by atoms with van der Waals surface area (Å²) in [6, 6.07) is 10.1. The molecule has 4 N–H and O–H groups in total. The number of hydrogen-bond donors (Lipinski definition) is 2. The van der Waals surface area contributed by atoms with Crippen LogP contribution in [0.5, 0.6) is 0 Å². The number of amides is 2. The van der Waals surface area contributed by atoms with Crippen molar-refractivity contribution in [1.29, 1.82) is 0 Å². The van der Waals surface area contributed by atoms with E-state index in [1.165, 1.54) is 5.56 Å². The molecule has 6 heteroatoms. The van der Waals surface area contributed by atoms with Crippen LogP contribution in [-0.2, 0) is 16.0 Å². The zero-order valence-electron chi connectivity index (χ0n) is 13.2. The second kappa shape index (κ2) is 6.49. The van der Waals surface area contributed by atoms with Crippen LogP contribution in [0.3, 0.4) is 0 Å². The van der Waals surface area contributed by atoms with E-state index in [9.17, 15) is 9.59 Å². The van der Waals surface area contributed by atoms with E-state index in [2.05, 4.69) is 12.1 Å². The molecule has 0 saturated heterocycles. The van der Waals surface area contributed by atoms with Crippen molar-refractivity contribution in [3.05, 3.63) is 35.9 Å². The Morgan fingerprint density at radius 1 is 1.09 bits per heavy atom. The Kier molecular flexibility index (Phi) is 5.01. The van der Waals surface area contributed by atoms with Gasteiger partial charge in [-0.15, -0.1) is 12.4 Å². The molecule has 1 aromatic rings. The van der Waals surface area contributed by atoms with Crippen LogP contribution in [-0.4, -0.2) is 34.3 Å². The summed E-state index contributed by atoms with van der Waals surface area (Å²) in [7, 11) is 0. The zero-order valence-corrected chi connectivity index (χ0v) is 14.0. The monoisotopic (exact) mass is 337 g/mol. The highest BCUT2D eigenvalue weighted by atomic mass is 35.5. The van der Waals surface area contributed by atoms with Gasteiger partial charge >= 0.3 is 0 Å². The Balaban J connectivity index is 0.00000192. The fraction of sp³-hybridized carbons (Fsp3) is 0.529. The number of carbonyl (C=O) groups is 2. The summed E-state index contributed by atoms with van der Waals surface area (Å²) in [5.41, 5.74) is 12.4. The number of halogens is 1. The lowest BCUT2D eigenvalue weighted by Gasteiger charge is -2.72. The fourth-order valence-electron chi connectivity index (χ4n) is 3.97. The Morgan fingerprint density at radius 3 is 2.22 bits per heavy atom. The molecule has 2 bridgehead atoms. The summed E-state index contributed by atoms with van der Waals surface area (Å²) >= 11 is 0. The van der Waals surface area contributed by atoms with Gasteiger partial charge in [-0.05, 0) is 31.2 Å². The van der Waals surface area contributed by atoms with E-state index >= 15 is 0 Å². The minimum absolute atomic E-state index is 0. The van der Waals surface area contributed by atoms with E-state index < -0.39 is 5.91 Å². The summed E-state index contributed by atoms with van der Waals surface area (Å²) < 4.78 is 0. The number of benzene rings is 1. The minimum Gasteiger partial charge on any atom is -0.370 e. The maximum absolute atomic E-state index is 12.5. The van der Waals surface area contributed by atoms with Crippen LogP contribution in [0.2, 0.25) is 0 Å². The summed E-state index contributed by atoms with van der Waals surface area (Å²) in [6.07, 6.45) is 3.79. The van der Waals surface area contributed by atoms with Gasteiger partial charge < -0.3 is 16.4 Å². The quantitative estimate of drug-likeness (QED) is 0.787. The maximum atomic E-state index is 12.5. The lowest BCUT2D eigenvalue weighted by Crippen LogP contribution is -2.82. The molecular formula is C17H24ClN3O2. The number of rotatable bonds is 7. The largest absolute Gasteiger partial charge is 0.370 e. The molecule has 0 aromatic heterocycles. The van der Waals surface area contributed by atoms with Crippen molar-refractivity contribution in [2.45, 2.75) is 49.6 Å². The van der Waals surface area contributed by atoms with Gasteiger partial charge in [0.15, 0.2) is 0 Å². The molecule has 23 heavy (non-hydrogen) atoms. The third kappa shape index (κ3) is 3.51. The molecule has 0 radical (unpaired) electrons. The molecule has 126 valence electrons. The summed E-state index contributed by atoms with van der Waals surface area (Å²) in [4.78, 5) is 25.4. The zero-order chi connectivity index (χ0) is 15.8. The van der Waals surface area contributed by atoms with Crippen molar-refractivity contribution in [2.75, 3.05) is 6.54 Å². The van der Waals surface area contributed by atoms with E-state index in [1.807, 2.05) is 23.1 Å². The smallest absolute Gasteiger partial charge is 0.223 e. The van der Waals surface area contributed by atoms with Crippen LogP contribution < -0.4 is 11.5 Å². The number of nitrogens with two attached hydrogens (primary N) is 2.